The molecule has 1 aliphatic rings. The van der Waals surface area contributed by atoms with E-state index in [0.717, 1.165) is 24.3 Å². The third-order valence-electron chi connectivity index (χ3n) is 5.59. The van der Waals surface area contributed by atoms with Crippen LogP contribution in [0, 0.1) is 11.8 Å². The van der Waals surface area contributed by atoms with Crippen LogP contribution in [0.3, 0.4) is 0 Å². The van der Waals surface area contributed by atoms with Gasteiger partial charge in [-0.1, -0.05) is 36.4 Å². The van der Waals surface area contributed by atoms with Gasteiger partial charge < -0.3 is 5.11 Å². The molecule has 0 unspecified atom stereocenters. The highest BCUT2D eigenvalue weighted by Gasteiger charge is 2.31. The van der Waals surface area contributed by atoms with Crippen LogP contribution in [-0.2, 0) is 23.7 Å². The zero-order valence-corrected chi connectivity index (χ0v) is 17.5. The number of piperidine rings is 1. The summed E-state index contributed by atoms with van der Waals surface area (Å²) in [6.07, 6.45) is -4.68. The SMILES string of the molecule is O=C(O)C[C@H]1C[C@@H](/C=C/c2ccc(C(F)(F)F)cc2)CN(Cc2ccc(C(F)(F)F)cc2)C1. The van der Waals surface area contributed by atoms with Crippen LogP contribution in [0.1, 0.15) is 35.1 Å². The molecule has 1 fully saturated rings. The minimum Gasteiger partial charge on any atom is -0.481 e. The van der Waals surface area contributed by atoms with Crippen molar-refractivity contribution < 1.29 is 36.2 Å². The van der Waals surface area contributed by atoms with Crippen molar-refractivity contribution in [2.75, 3.05) is 13.1 Å². The quantitative estimate of drug-likeness (QED) is 0.499. The van der Waals surface area contributed by atoms with Gasteiger partial charge in [0.15, 0.2) is 0 Å². The van der Waals surface area contributed by atoms with E-state index in [1.54, 1.807) is 6.08 Å². The molecule has 0 spiro atoms. The molecule has 0 bridgehead atoms. The fourth-order valence-electron chi connectivity index (χ4n) is 4.10. The summed E-state index contributed by atoms with van der Waals surface area (Å²) in [5.41, 5.74) is -0.186. The number of halogens is 6. The molecule has 33 heavy (non-hydrogen) atoms. The first-order valence-electron chi connectivity index (χ1n) is 10.4. The number of likely N-dealkylation sites (tertiary alicyclic amines) is 1. The summed E-state index contributed by atoms with van der Waals surface area (Å²) in [6, 6.07) is 9.63. The lowest BCUT2D eigenvalue weighted by Crippen LogP contribution is -2.40. The fourth-order valence-corrected chi connectivity index (χ4v) is 4.10. The van der Waals surface area contributed by atoms with Crippen LogP contribution in [0.2, 0.25) is 0 Å². The summed E-state index contributed by atoms with van der Waals surface area (Å²) in [4.78, 5) is 13.2. The highest BCUT2D eigenvalue weighted by Crippen LogP contribution is 2.31. The molecule has 1 heterocycles. The molecule has 9 heteroatoms. The molecule has 0 aliphatic carbocycles. The van der Waals surface area contributed by atoms with Crippen LogP contribution < -0.4 is 0 Å². The number of hydrogen-bond donors (Lipinski definition) is 1. The van der Waals surface area contributed by atoms with Gasteiger partial charge in [0.2, 0.25) is 0 Å². The molecule has 1 aliphatic heterocycles. The molecule has 2 aromatic rings. The highest BCUT2D eigenvalue weighted by molar-refractivity contribution is 5.67. The molecule has 2 atom stereocenters. The molecule has 1 saturated heterocycles. The van der Waals surface area contributed by atoms with E-state index in [-0.39, 0.29) is 18.3 Å². The highest BCUT2D eigenvalue weighted by atomic mass is 19.4. The molecule has 3 nitrogen and oxygen atoms in total. The van der Waals surface area contributed by atoms with Crippen LogP contribution >= 0.6 is 0 Å². The zero-order valence-electron chi connectivity index (χ0n) is 17.5. The number of rotatable bonds is 6. The molecule has 0 saturated carbocycles. The van der Waals surface area contributed by atoms with Crippen LogP contribution in [0.15, 0.2) is 54.6 Å². The summed E-state index contributed by atoms with van der Waals surface area (Å²) < 4.78 is 76.5. The lowest BCUT2D eigenvalue weighted by atomic mass is 9.86. The van der Waals surface area contributed by atoms with Gasteiger partial charge in [-0.15, -0.1) is 0 Å². The van der Waals surface area contributed by atoms with Crippen molar-refractivity contribution in [3.63, 3.8) is 0 Å². The molecule has 1 N–H and O–H groups in total. The van der Waals surface area contributed by atoms with Gasteiger partial charge in [0.05, 0.1) is 11.1 Å². The smallest absolute Gasteiger partial charge is 0.416 e. The number of carboxylic acid groups (broad SMARTS) is 1. The third-order valence-corrected chi connectivity index (χ3v) is 5.59. The Kier molecular flexibility index (Phi) is 7.51. The number of nitrogens with zero attached hydrogens (tertiary/aromatic N) is 1. The van der Waals surface area contributed by atoms with Crippen molar-refractivity contribution in [2.45, 2.75) is 31.7 Å². The Morgan fingerprint density at radius 1 is 0.909 bits per heavy atom. The molecular formula is C24H23F6NO2. The first kappa shape index (κ1) is 24.8. The van der Waals surface area contributed by atoms with E-state index in [1.807, 2.05) is 11.0 Å². The van der Waals surface area contributed by atoms with Gasteiger partial charge in [0, 0.05) is 26.1 Å². The molecule has 3 rings (SSSR count). The monoisotopic (exact) mass is 471 g/mol. The average Bonchev–Trinajstić information content (AvgIpc) is 2.71. The summed E-state index contributed by atoms with van der Waals surface area (Å²) in [7, 11) is 0. The van der Waals surface area contributed by atoms with Gasteiger partial charge in [-0.3, -0.25) is 9.69 Å². The van der Waals surface area contributed by atoms with Gasteiger partial charge in [-0.25, -0.2) is 0 Å². The van der Waals surface area contributed by atoms with E-state index in [1.165, 1.54) is 24.3 Å². The molecule has 0 aromatic heterocycles. The van der Waals surface area contributed by atoms with Gasteiger partial charge in [0.25, 0.3) is 0 Å². The first-order chi connectivity index (χ1) is 15.4. The molecular weight excluding hydrogens is 448 g/mol. The van der Waals surface area contributed by atoms with Crippen LogP contribution in [-0.4, -0.2) is 29.1 Å². The summed E-state index contributed by atoms with van der Waals surface area (Å²) in [5, 5.41) is 9.20. The minimum absolute atomic E-state index is 0.0336. The largest absolute Gasteiger partial charge is 0.481 e. The maximum atomic E-state index is 12.8. The second-order valence-electron chi connectivity index (χ2n) is 8.33. The lowest BCUT2D eigenvalue weighted by Gasteiger charge is -2.36. The van der Waals surface area contributed by atoms with Crippen LogP contribution in [0.5, 0.6) is 0 Å². The van der Waals surface area contributed by atoms with Gasteiger partial charge in [0.1, 0.15) is 0 Å². The Morgan fingerprint density at radius 2 is 1.45 bits per heavy atom. The maximum absolute atomic E-state index is 12.8. The van der Waals surface area contributed by atoms with E-state index in [9.17, 15) is 36.2 Å². The second kappa shape index (κ2) is 9.99. The van der Waals surface area contributed by atoms with E-state index in [0.29, 0.717) is 37.2 Å². The predicted molar refractivity (Wildman–Crippen MR) is 111 cm³/mol. The van der Waals surface area contributed by atoms with Crippen molar-refractivity contribution in [1.82, 2.24) is 4.90 Å². The van der Waals surface area contributed by atoms with Crippen molar-refractivity contribution in [3.8, 4) is 0 Å². The normalized spacial score (nSPS) is 20.3. The number of carboxylic acids is 1. The number of benzene rings is 2. The Hall–Kier alpha value is -2.81. The van der Waals surface area contributed by atoms with Crippen molar-refractivity contribution in [2.24, 2.45) is 11.8 Å². The third kappa shape index (κ3) is 7.35. The first-order valence-corrected chi connectivity index (χ1v) is 10.4. The Bertz CT molecular complexity index is 964. The topological polar surface area (TPSA) is 40.5 Å². The number of hydrogen-bond acceptors (Lipinski definition) is 2. The predicted octanol–water partition coefficient (Wildman–Crippen LogP) is 6.35. The second-order valence-corrected chi connectivity index (χ2v) is 8.33. The van der Waals surface area contributed by atoms with Crippen molar-refractivity contribution in [1.29, 1.82) is 0 Å². The number of carbonyl (C=O) groups is 1. The van der Waals surface area contributed by atoms with Gasteiger partial charge >= 0.3 is 18.3 Å². The van der Waals surface area contributed by atoms with E-state index in [2.05, 4.69) is 0 Å². The number of aliphatic carboxylic acids is 1. The molecule has 0 amide bonds. The van der Waals surface area contributed by atoms with Crippen molar-refractivity contribution >= 4 is 12.0 Å². The Balaban J connectivity index is 1.70. The molecule has 2 aromatic carbocycles. The fraction of sp³-hybridized carbons (Fsp3) is 0.375. The van der Waals surface area contributed by atoms with Gasteiger partial charge in [-0.2, -0.15) is 26.3 Å². The lowest BCUT2D eigenvalue weighted by molar-refractivity contribution is -0.139. The van der Waals surface area contributed by atoms with E-state index in [4.69, 9.17) is 0 Å². The van der Waals surface area contributed by atoms with E-state index >= 15 is 0 Å². The molecule has 0 radical (unpaired) electrons. The Labute approximate surface area is 187 Å². The van der Waals surface area contributed by atoms with Crippen LogP contribution in [0.4, 0.5) is 26.3 Å². The minimum atomic E-state index is -4.41. The summed E-state index contributed by atoms with van der Waals surface area (Å²) >= 11 is 0. The maximum Gasteiger partial charge on any atom is 0.416 e. The Morgan fingerprint density at radius 3 is 1.97 bits per heavy atom. The summed E-state index contributed by atoms with van der Waals surface area (Å²) in [5.74, 6) is -1.12. The number of alkyl halides is 6. The summed E-state index contributed by atoms with van der Waals surface area (Å²) in [6.45, 7) is 1.44. The van der Waals surface area contributed by atoms with Crippen molar-refractivity contribution in [3.05, 3.63) is 76.9 Å². The average molecular weight is 471 g/mol. The molecule has 178 valence electrons. The zero-order chi connectivity index (χ0) is 24.2. The standard InChI is InChI=1S/C24H23F6NO2/c25-23(26,27)20-7-3-16(4-8-20)1-2-18-11-19(12-22(32)33)15-31(14-18)13-17-5-9-21(10-6-17)24(28,29)30/h1-10,18-19H,11-15H2,(H,32,33)/b2-1+/t18-,19-/m1/s1. The van der Waals surface area contributed by atoms with E-state index < -0.39 is 29.4 Å². The van der Waals surface area contributed by atoms with Gasteiger partial charge in [-0.05, 0) is 53.6 Å². The van der Waals surface area contributed by atoms with Crippen LogP contribution in [0.25, 0.3) is 6.08 Å².